The first kappa shape index (κ1) is 14.9. The van der Waals surface area contributed by atoms with Gasteiger partial charge in [0.15, 0.2) is 17.5 Å². The maximum absolute atomic E-state index is 13.5. The largest absolute Gasteiger partial charge is 0.378 e. The standard InChI is InChI=1S/C15H13F3N2O/c1-20(2)10-5-3-4-9(8-10)19-15(21)11-6-7-12(16)14(18)13(11)17/h3-8H,1-2H3,(H,19,21). The van der Waals surface area contributed by atoms with Crippen LogP contribution in [0.4, 0.5) is 24.5 Å². The Kier molecular flexibility index (Phi) is 4.16. The van der Waals surface area contributed by atoms with Gasteiger partial charge in [-0.15, -0.1) is 0 Å². The Hall–Kier alpha value is -2.50. The van der Waals surface area contributed by atoms with Gasteiger partial charge < -0.3 is 10.2 Å². The topological polar surface area (TPSA) is 32.3 Å². The zero-order valence-corrected chi connectivity index (χ0v) is 11.5. The van der Waals surface area contributed by atoms with Crippen molar-refractivity contribution >= 4 is 17.3 Å². The molecule has 2 aromatic rings. The normalized spacial score (nSPS) is 10.3. The number of rotatable bonds is 3. The van der Waals surface area contributed by atoms with E-state index in [0.29, 0.717) is 11.8 Å². The van der Waals surface area contributed by atoms with Crippen molar-refractivity contribution < 1.29 is 18.0 Å². The van der Waals surface area contributed by atoms with Crippen molar-refractivity contribution in [3.63, 3.8) is 0 Å². The van der Waals surface area contributed by atoms with Gasteiger partial charge in [-0.25, -0.2) is 13.2 Å². The van der Waals surface area contributed by atoms with E-state index in [1.54, 1.807) is 18.2 Å². The van der Waals surface area contributed by atoms with E-state index in [1.165, 1.54) is 0 Å². The number of halogens is 3. The zero-order valence-electron chi connectivity index (χ0n) is 11.5. The summed E-state index contributed by atoms with van der Waals surface area (Å²) < 4.78 is 39.5. The molecule has 0 fully saturated rings. The summed E-state index contributed by atoms with van der Waals surface area (Å²) >= 11 is 0. The first-order chi connectivity index (χ1) is 9.90. The lowest BCUT2D eigenvalue weighted by molar-refractivity contribution is 0.102. The predicted octanol–water partition coefficient (Wildman–Crippen LogP) is 3.42. The second kappa shape index (κ2) is 5.87. The van der Waals surface area contributed by atoms with Crippen molar-refractivity contribution in [2.45, 2.75) is 0 Å². The molecule has 0 heterocycles. The van der Waals surface area contributed by atoms with Gasteiger partial charge in [0.25, 0.3) is 5.91 Å². The smallest absolute Gasteiger partial charge is 0.258 e. The van der Waals surface area contributed by atoms with Crippen LogP contribution in [0, 0.1) is 17.5 Å². The molecule has 1 N–H and O–H groups in total. The van der Waals surface area contributed by atoms with Gasteiger partial charge in [-0.3, -0.25) is 4.79 Å². The van der Waals surface area contributed by atoms with Crippen LogP contribution in [0.2, 0.25) is 0 Å². The third kappa shape index (κ3) is 3.16. The summed E-state index contributed by atoms with van der Waals surface area (Å²) in [4.78, 5) is 13.8. The minimum atomic E-state index is -1.66. The molecule has 0 aliphatic rings. The first-order valence-corrected chi connectivity index (χ1v) is 6.12. The Labute approximate surface area is 120 Å². The Bertz CT molecular complexity index is 687. The molecule has 0 unspecified atom stereocenters. The number of hydrogen-bond acceptors (Lipinski definition) is 2. The molecule has 0 atom stereocenters. The van der Waals surface area contributed by atoms with Gasteiger partial charge >= 0.3 is 0 Å². The summed E-state index contributed by atoms with van der Waals surface area (Å²) in [6.07, 6.45) is 0. The van der Waals surface area contributed by atoms with Crippen molar-refractivity contribution in [2.24, 2.45) is 0 Å². The fourth-order valence-electron chi connectivity index (χ4n) is 1.76. The highest BCUT2D eigenvalue weighted by Gasteiger charge is 2.18. The molecule has 0 bridgehead atoms. The van der Waals surface area contributed by atoms with Gasteiger partial charge in [0.2, 0.25) is 0 Å². The molecule has 0 aromatic heterocycles. The van der Waals surface area contributed by atoms with Crippen molar-refractivity contribution in [3.8, 4) is 0 Å². The number of nitrogens with zero attached hydrogens (tertiary/aromatic N) is 1. The number of carbonyl (C=O) groups is 1. The van der Waals surface area contributed by atoms with Crippen molar-refractivity contribution in [2.75, 3.05) is 24.3 Å². The third-order valence-electron chi connectivity index (χ3n) is 2.90. The van der Waals surface area contributed by atoms with E-state index in [0.717, 1.165) is 11.8 Å². The summed E-state index contributed by atoms with van der Waals surface area (Å²) in [7, 11) is 3.66. The van der Waals surface area contributed by atoms with E-state index in [2.05, 4.69) is 5.32 Å². The molecule has 0 saturated carbocycles. The van der Waals surface area contributed by atoms with Crippen molar-refractivity contribution in [1.82, 2.24) is 0 Å². The number of nitrogens with one attached hydrogen (secondary N) is 1. The Morgan fingerprint density at radius 1 is 1.05 bits per heavy atom. The Morgan fingerprint density at radius 3 is 2.43 bits per heavy atom. The second-order valence-corrected chi connectivity index (χ2v) is 4.62. The minimum Gasteiger partial charge on any atom is -0.378 e. The molecular formula is C15H13F3N2O. The van der Waals surface area contributed by atoms with Gasteiger partial charge in [0, 0.05) is 25.5 Å². The Balaban J connectivity index is 2.26. The van der Waals surface area contributed by atoms with Gasteiger partial charge in [0.1, 0.15) is 0 Å². The highest BCUT2D eigenvalue weighted by Crippen LogP contribution is 2.20. The van der Waals surface area contributed by atoms with Gasteiger partial charge in [-0.05, 0) is 30.3 Å². The number of carbonyl (C=O) groups excluding carboxylic acids is 1. The lowest BCUT2D eigenvalue weighted by atomic mass is 10.1. The van der Waals surface area contributed by atoms with Crippen LogP contribution in [0.1, 0.15) is 10.4 Å². The monoisotopic (exact) mass is 294 g/mol. The lowest BCUT2D eigenvalue weighted by Crippen LogP contribution is -2.16. The first-order valence-electron chi connectivity index (χ1n) is 6.12. The van der Waals surface area contributed by atoms with Crippen molar-refractivity contribution in [1.29, 1.82) is 0 Å². The molecule has 0 radical (unpaired) electrons. The van der Waals surface area contributed by atoms with Crippen LogP contribution in [0.25, 0.3) is 0 Å². The van der Waals surface area contributed by atoms with E-state index in [-0.39, 0.29) is 0 Å². The van der Waals surface area contributed by atoms with Gasteiger partial charge in [-0.2, -0.15) is 0 Å². The third-order valence-corrected chi connectivity index (χ3v) is 2.90. The zero-order chi connectivity index (χ0) is 15.6. The Morgan fingerprint density at radius 2 is 1.76 bits per heavy atom. The van der Waals surface area contributed by atoms with Crippen LogP contribution in [-0.4, -0.2) is 20.0 Å². The van der Waals surface area contributed by atoms with E-state index in [1.807, 2.05) is 25.1 Å². The average Bonchev–Trinajstić information content (AvgIpc) is 2.45. The van der Waals surface area contributed by atoms with Crippen molar-refractivity contribution in [3.05, 3.63) is 59.4 Å². The minimum absolute atomic E-state index is 0.426. The van der Waals surface area contributed by atoms with Gasteiger partial charge in [0.05, 0.1) is 5.56 Å². The highest BCUT2D eigenvalue weighted by molar-refractivity contribution is 6.04. The molecule has 6 heteroatoms. The fraction of sp³-hybridized carbons (Fsp3) is 0.133. The van der Waals surface area contributed by atoms with Crippen LogP contribution in [0.15, 0.2) is 36.4 Å². The van der Waals surface area contributed by atoms with Crippen LogP contribution in [-0.2, 0) is 0 Å². The second-order valence-electron chi connectivity index (χ2n) is 4.62. The fourth-order valence-corrected chi connectivity index (χ4v) is 1.76. The predicted molar refractivity (Wildman–Crippen MR) is 75.0 cm³/mol. The quantitative estimate of drug-likeness (QED) is 0.880. The molecular weight excluding hydrogens is 281 g/mol. The highest BCUT2D eigenvalue weighted by atomic mass is 19.2. The number of benzene rings is 2. The summed E-state index contributed by atoms with van der Waals surface area (Å²) in [5.41, 5.74) is 0.707. The van der Waals surface area contributed by atoms with E-state index >= 15 is 0 Å². The van der Waals surface area contributed by atoms with Crippen LogP contribution < -0.4 is 10.2 Å². The summed E-state index contributed by atoms with van der Waals surface area (Å²) in [5, 5.41) is 2.45. The number of amides is 1. The number of hydrogen-bond donors (Lipinski definition) is 1. The molecule has 1 amide bonds. The molecule has 110 valence electrons. The van der Waals surface area contributed by atoms with Crippen LogP contribution >= 0.6 is 0 Å². The summed E-state index contributed by atoms with van der Waals surface area (Å²) in [6, 6.07) is 8.45. The molecule has 3 nitrogen and oxygen atoms in total. The maximum Gasteiger partial charge on any atom is 0.258 e. The number of anilines is 2. The van der Waals surface area contributed by atoms with E-state index in [4.69, 9.17) is 0 Å². The molecule has 2 rings (SSSR count). The lowest BCUT2D eigenvalue weighted by Gasteiger charge is -2.14. The summed E-state index contributed by atoms with van der Waals surface area (Å²) in [6.45, 7) is 0. The van der Waals surface area contributed by atoms with Crippen LogP contribution in [0.3, 0.4) is 0 Å². The molecule has 0 aliphatic carbocycles. The molecule has 0 spiro atoms. The van der Waals surface area contributed by atoms with E-state index in [9.17, 15) is 18.0 Å². The summed E-state index contributed by atoms with van der Waals surface area (Å²) in [5.74, 6) is -5.35. The van der Waals surface area contributed by atoms with E-state index < -0.39 is 28.9 Å². The molecule has 0 aliphatic heterocycles. The molecule has 2 aromatic carbocycles. The van der Waals surface area contributed by atoms with Crippen LogP contribution in [0.5, 0.6) is 0 Å². The van der Waals surface area contributed by atoms with Gasteiger partial charge in [-0.1, -0.05) is 6.07 Å². The molecule has 21 heavy (non-hydrogen) atoms. The molecule has 0 saturated heterocycles. The average molecular weight is 294 g/mol. The SMILES string of the molecule is CN(C)c1cccc(NC(=O)c2ccc(F)c(F)c2F)c1. The maximum atomic E-state index is 13.5.